The highest BCUT2D eigenvalue weighted by atomic mass is 79.9. The lowest BCUT2D eigenvalue weighted by molar-refractivity contribution is 0.581. The summed E-state index contributed by atoms with van der Waals surface area (Å²) >= 11 is 5.13. The number of rotatable bonds is 2. The molecule has 0 amide bonds. The van der Waals surface area contributed by atoms with Crippen LogP contribution in [0.15, 0.2) is 9.98 Å². The van der Waals surface area contributed by atoms with E-state index in [1.54, 1.807) is 11.3 Å². The summed E-state index contributed by atoms with van der Waals surface area (Å²) in [6.45, 7) is 0. The molecule has 1 N–H and O–H groups in total. The molecule has 2 nitrogen and oxygen atoms in total. The zero-order valence-corrected chi connectivity index (χ0v) is 8.63. The van der Waals surface area contributed by atoms with E-state index in [9.17, 15) is 0 Å². The van der Waals surface area contributed by atoms with E-state index in [1.807, 2.05) is 13.2 Å². The highest BCUT2D eigenvalue weighted by Crippen LogP contribution is 2.46. The van der Waals surface area contributed by atoms with E-state index in [0.717, 1.165) is 3.79 Å². The Balaban J connectivity index is 2.29. The van der Waals surface area contributed by atoms with Gasteiger partial charge in [-0.15, -0.1) is 11.3 Å². The van der Waals surface area contributed by atoms with Crippen molar-refractivity contribution in [2.45, 2.75) is 18.4 Å². The van der Waals surface area contributed by atoms with Crippen LogP contribution in [0.1, 0.15) is 17.8 Å². The maximum Gasteiger partial charge on any atom is 0.114 e. The Bertz CT molecular complexity index is 267. The van der Waals surface area contributed by atoms with Crippen LogP contribution in [0.3, 0.4) is 0 Å². The Hall–Kier alpha value is 0.0700. The van der Waals surface area contributed by atoms with E-state index in [2.05, 4.69) is 26.2 Å². The summed E-state index contributed by atoms with van der Waals surface area (Å²) in [6, 6.07) is 0. The van der Waals surface area contributed by atoms with Crippen LogP contribution in [0.5, 0.6) is 0 Å². The van der Waals surface area contributed by atoms with E-state index < -0.39 is 0 Å². The standard InChI is InChI=1S/C7H9BrN2S/c1-9-7(2-3-7)6-10-4-5(8)11-6/h4,9H,2-3H2,1H3. The predicted molar refractivity (Wildman–Crippen MR) is 49.8 cm³/mol. The van der Waals surface area contributed by atoms with E-state index >= 15 is 0 Å². The molecular weight excluding hydrogens is 224 g/mol. The molecule has 11 heavy (non-hydrogen) atoms. The Morgan fingerprint density at radius 1 is 1.73 bits per heavy atom. The maximum atomic E-state index is 4.33. The monoisotopic (exact) mass is 232 g/mol. The van der Waals surface area contributed by atoms with Crippen LogP contribution < -0.4 is 5.32 Å². The van der Waals surface area contributed by atoms with Crippen LogP contribution in [0, 0.1) is 0 Å². The summed E-state index contributed by atoms with van der Waals surface area (Å²) in [7, 11) is 2.00. The van der Waals surface area contributed by atoms with Crippen molar-refractivity contribution in [1.82, 2.24) is 10.3 Å². The van der Waals surface area contributed by atoms with Crippen molar-refractivity contribution in [1.29, 1.82) is 0 Å². The summed E-state index contributed by atoms with van der Waals surface area (Å²) < 4.78 is 1.12. The second kappa shape index (κ2) is 2.54. The van der Waals surface area contributed by atoms with Gasteiger partial charge in [0.05, 0.1) is 15.5 Å². The molecule has 1 aliphatic carbocycles. The average molecular weight is 233 g/mol. The summed E-state index contributed by atoms with van der Waals surface area (Å²) in [5.41, 5.74) is 0.233. The van der Waals surface area contributed by atoms with E-state index in [4.69, 9.17) is 0 Å². The third kappa shape index (κ3) is 1.23. The summed E-state index contributed by atoms with van der Waals surface area (Å²) in [6.07, 6.45) is 4.32. The quantitative estimate of drug-likeness (QED) is 0.846. The number of nitrogens with one attached hydrogen (secondary N) is 1. The number of hydrogen-bond acceptors (Lipinski definition) is 3. The van der Waals surface area contributed by atoms with Crippen molar-refractivity contribution >= 4 is 27.3 Å². The number of thiazole rings is 1. The molecule has 0 spiro atoms. The molecule has 1 aromatic rings. The lowest BCUT2D eigenvalue weighted by Crippen LogP contribution is -2.23. The zero-order valence-electron chi connectivity index (χ0n) is 6.22. The summed E-state index contributed by atoms with van der Waals surface area (Å²) in [4.78, 5) is 4.33. The highest BCUT2D eigenvalue weighted by molar-refractivity contribution is 9.11. The van der Waals surface area contributed by atoms with Gasteiger partial charge in [0.25, 0.3) is 0 Å². The van der Waals surface area contributed by atoms with Gasteiger partial charge in [-0.05, 0) is 35.8 Å². The average Bonchev–Trinajstić information content (AvgIpc) is 2.70. The first kappa shape index (κ1) is 7.71. The zero-order chi connectivity index (χ0) is 7.90. The van der Waals surface area contributed by atoms with Gasteiger partial charge in [-0.1, -0.05) is 0 Å². The van der Waals surface area contributed by atoms with Crippen molar-refractivity contribution < 1.29 is 0 Å². The minimum Gasteiger partial charge on any atom is -0.308 e. The third-order valence-corrected chi connectivity index (χ3v) is 3.80. The van der Waals surface area contributed by atoms with Crippen LogP contribution in [-0.4, -0.2) is 12.0 Å². The molecule has 0 aliphatic heterocycles. The van der Waals surface area contributed by atoms with Crippen molar-refractivity contribution in [2.75, 3.05) is 7.05 Å². The van der Waals surface area contributed by atoms with Gasteiger partial charge < -0.3 is 5.32 Å². The lowest BCUT2D eigenvalue weighted by atomic mass is 10.3. The molecule has 0 saturated heterocycles. The van der Waals surface area contributed by atoms with Gasteiger partial charge >= 0.3 is 0 Å². The normalized spacial score (nSPS) is 20.2. The van der Waals surface area contributed by atoms with Crippen LogP contribution in [0.4, 0.5) is 0 Å². The SMILES string of the molecule is CNC1(c2ncc(Br)s2)CC1. The van der Waals surface area contributed by atoms with Crippen LogP contribution >= 0.6 is 27.3 Å². The van der Waals surface area contributed by atoms with Crippen LogP contribution in [0.25, 0.3) is 0 Å². The molecule has 0 aromatic carbocycles. The van der Waals surface area contributed by atoms with Crippen molar-refractivity contribution in [3.05, 3.63) is 15.0 Å². The molecule has 1 fully saturated rings. The minimum atomic E-state index is 0.233. The molecule has 2 rings (SSSR count). The summed E-state index contributed by atoms with van der Waals surface area (Å²) in [5.74, 6) is 0. The molecular formula is C7H9BrN2S. The van der Waals surface area contributed by atoms with Crippen molar-refractivity contribution in [2.24, 2.45) is 0 Å². The fourth-order valence-electron chi connectivity index (χ4n) is 1.17. The number of hydrogen-bond donors (Lipinski definition) is 1. The van der Waals surface area contributed by atoms with Crippen LogP contribution in [0.2, 0.25) is 0 Å². The topological polar surface area (TPSA) is 24.9 Å². The number of aromatic nitrogens is 1. The Labute approximate surface area is 78.2 Å². The van der Waals surface area contributed by atoms with Gasteiger partial charge in [0.1, 0.15) is 5.01 Å². The van der Waals surface area contributed by atoms with Crippen molar-refractivity contribution in [3.63, 3.8) is 0 Å². The minimum absolute atomic E-state index is 0.233. The molecule has 1 saturated carbocycles. The van der Waals surface area contributed by atoms with E-state index in [-0.39, 0.29) is 5.54 Å². The highest BCUT2D eigenvalue weighted by Gasteiger charge is 2.45. The molecule has 1 aliphatic rings. The Morgan fingerprint density at radius 3 is 2.82 bits per heavy atom. The molecule has 1 heterocycles. The van der Waals surface area contributed by atoms with Gasteiger partial charge in [-0.3, -0.25) is 0 Å². The fraction of sp³-hybridized carbons (Fsp3) is 0.571. The Kier molecular flexibility index (Phi) is 1.78. The van der Waals surface area contributed by atoms with Gasteiger partial charge in [-0.2, -0.15) is 0 Å². The molecule has 4 heteroatoms. The van der Waals surface area contributed by atoms with E-state index in [0.29, 0.717) is 0 Å². The largest absolute Gasteiger partial charge is 0.308 e. The van der Waals surface area contributed by atoms with Gasteiger partial charge in [0, 0.05) is 0 Å². The second-order valence-electron chi connectivity index (χ2n) is 2.80. The lowest BCUT2D eigenvalue weighted by Gasteiger charge is -2.08. The third-order valence-electron chi connectivity index (χ3n) is 2.12. The fourth-order valence-corrected chi connectivity index (χ4v) is 2.63. The molecule has 0 bridgehead atoms. The Morgan fingerprint density at radius 2 is 2.45 bits per heavy atom. The smallest absolute Gasteiger partial charge is 0.114 e. The molecule has 0 radical (unpaired) electrons. The number of nitrogens with zero attached hydrogens (tertiary/aromatic N) is 1. The first-order valence-electron chi connectivity index (χ1n) is 3.57. The molecule has 1 aromatic heterocycles. The van der Waals surface area contributed by atoms with Gasteiger partial charge in [-0.25, -0.2) is 4.98 Å². The predicted octanol–water partition coefficient (Wildman–Crippen LogP) is 2.11. The molecule has 0 unspecified atom stereocenters. The molecule has 0 atom stereocenters. The van der Waals surface area contributed by atoms with Crippen LogP contribution in [-0.2, 0) is 5.54 Å². The van der Waals surface area contributed by atoms with Gasteiger partial charge in [0.15, 0.2) is 0 Å². The van der Waals surface area contributed by atoms with Gasteiger partial charge in [0.2, 0.25) is 0 Å². The molecule has 60 valence electrons. The first-order chi connectivity index (χ1) is 5.27. The van der Waals surface area contributed by atoms with E-state index in [1.165, 1.54) is 17.8 Å². The first-order valence-corrected chi connectivity index (χ1v) is 5.18. The summed E-state index contributed by atoms with van der Waals surface area (Å²) in [5, 5.41) is 4.52. The maximum absolute atomic E-state index is 4.33. The van der Waals surface area contributed by atoms with Crippen molar-refractivity contribution in [3.8, 4) is 0 Å². The number of halogens is 1. The second-order valence-corrected chi connectivity index (χ2v) is 5.21.